The molecule has 0 saturated heterocycles. The average molecular weight is 140 g/mol. The molecule has 0 amide bonds. The molecule has 1 saturated carbocycles. The zero-order valence-electron chi connectivity index (χ0n) is 6.89. The summed E-state index contributed by atoms with van der Waals surface area (Å²) in [5, 5.41) is 0. The summed E-state index contributed by atoms with van der Waals surface area (Å²) in [5.74, 6) is 0. The number of hydrogen-bond acceptors (Lipinski definition) is 1. The normalized spacial score (nSPS) is 26.6. The molecule has 0 atom stereocenters. The lowest BCUT2D eigenvalue weighted by atomic mass is 9.92. The zero-order valence-corrected chi connectivity index (χ0v) is 6.89. The molecule has 0 aromatic carbocycles. The molecule has 0 bridgehead atoms. The van der Waals surface area contributed by atoms with Crippen molar-refractivity contribution in [2.45, 2.75) is 38.7 Å². The van der Waals surface area contributed by atoms with Crippen LogP contribution in [0.25, 0.3) is 0 Å². The van der Waals surface area contributed by atoms with Crippen LogP contribution >= 0.6 is 0 Å². The summed E-state index contributed by atoms with van der Waals surface area (Å²) in [6.07, 6.45) is 7.70. The summed E-state index contributed by atoms with van der Waals surface area (Å²) in [7, 11) is 1.81. The Labute approximate surface area is 63.1 Å². The van der Waals surface area contributed by atoms with Crippen LogP contribution in [0.15, 0.2) is 11.6 Å². The average Bonchev–Trinajstić information content (AvgIpc) is 2.05. The van der Waals surface area contributed by atoms with Crippen molar-refractivity contribution in [2.75, 3.05) is 7.11 Å². The van der Waals surface area contributed by atoms with Crippen LogP contribution in [0.2, 0.25) is 0 Å². The maximum Gasteiger partial charge on any atom is 0.0577 e. The van der Waals surface area contributed by atoms with Gasteiger partial charge < -0.3 is 4.74 Å². The lowest BCUT2D eigenvalue weighted by Crippen LogP contribution is -2.15. The van der Waals surface area contributed by atoms with Gasteiger partial charge in [0.05, 0.1) is 6.10 Å². The standard InChI is InChI=1S/C9H16O/c1-3-8-4-6-9(10-2)7-5-8/h3,9H,4-7H2,1-2H3. The molecule has 0 unspecified atom stereocenters. The fraction of sp³-hybridized carbons (Fsp3) is 0.778. The second-order valence-corrected chi connectivity index (χ2v) is 2.88. The van der Waals surface area contributed by atoms with E-state index in [1.165, 1.54) is 25.7 Å². The Bertz CT molecular complexity index is 117. The number of methoxy groups -OCH3 is 1. The van der Waals surface area contributed by atoms with Gasteiger partial charge in [-0.2, -0.15) is 0 Å². The van der Waals surface area contributed by atoms with E-state index in [1.807, 2.05) is 7.11 Å². The van der Waals surface area contributed by atoms with Crippen LogP contribution in [-0.4, -0.2) is 13.2 Å². The molecule has 58 valence electrons. The molecular weight excluding hydrogens is 124 g/mol. The first kappa shape index (κ1) is 7.80. The lowest BCUT2D eigenvalue weighted by molar-refractivity contribution is 0.0801. The van der Waals surface area contributed by atoms with Crippen LogP contribution in [0.1, 0.15) is 32.6 Å². The molecular formula is C9H16O. The molecule has 0 aromatic heterocycles. The molecule has 0 heterocycles. The molecule has 0 radical (unpaired) electrons. The van der Waals surface area contributed by atoms with Crippen molar-refractivity contribution < 1.29 is 4.74 Å². The summed E-state index contributed by atoms with van der Waals surface area (Å²) >= 11 is 0. The van der Waals surface area contributed by atoms with E-state index in [0.29, 0.717) is 6.10 Å². The highest BCUT2D eigenvalue weighted by molar-refractivity contribution is 5.03. The summed E-state index contributed by atoms with van der Waals surface area (Å²) in [6, 6.07) is 0. The van der Waals surface area contributed by atoms with Gasteiger partial charge in [-0.25, -0.2) is 0 Å². The van der Waals surface area contributed by atoms with E-state index in [-0.39, 0.29) is 0 Å². The van der Waals surface area contributed by atoms with Gasteiger partial charge in [-0.05, 0) is 32.6 Å². The van der Waals surface area contributed by atoms with Crippen LogP contribution in [0.5, 0.6) is 0 Å². The summed E-state index contributed by atoms with van der Waals surface area (Å²) in [4.78, 5) is 0. The van der Waals surface area contributed by atoms with Gasteiger partial charge in [0.1, 0.15) is 0 Å². The van der Waals surface area contributed by atoms with Gasteiger partial charge in [0.2, 0.25) is 0 Å². The van der Waals surface area contributed by atoms with Gasteiger partial charge in [-0.1, -0.05) is 11.6 Å². The lowest BCUT2D eigenvalue weighted by Gasteiger charge is -2.22. The second kappa shape index (κ2) is 3.77. The fourth-order valence-electron chi connectivity index (χ4n) is 1.49. The van der Waals surface area contributed by atoms with Crippen molar-refractivity contribution in [3.63, 3.8) is 0 Å². The molecule has 0 aliphatic heterocycles. The molecule has 1 fully saturated rings. The molecule has 0 spiro atoms. The number of ether oxygens (including phenoxy) is 1. The van der Waals surface area contributed by atoms with Gasteiger partial charge in [0.15, 0.2) is 0 Å². The number of hydrogen-bond donors (Lipinski definition) is 0. The molecule has 0 N–H and O–H groups in total. The van der Waals surface area contributed by atoms with E-state index in [9.17, 15) is 0 Å². The Morgan fingerprint density at radius 2 is 2.00 bits per heavy atom. The monoisotopic (exact) mass is 140 g/mol. The third-order valence-electron chi connectivity index (χ3n) is 2.32. The van der Waals surface area contributed by atoms with Gasteiger partial charge >= 0.3 is 0 Å². The Hall–Kier alpha value is -0.300. The van der Waals surface area contributed by atoms with Gasteiger partial charge in [-0.15, -0.1) is 0 Å². The highest BCUT2D eigenvalue weighted by Gasteiger charge is 2.14. The molecule has 1 aliphatic rings. The smallest absolute Gasteiger partial charge is 0.0577 e. The van der Waals surface area contributed by atoms with Gasteiger partial charge in [0.25, 0.3) is 0 Å². The van der Waals surface area contributed by atoms with E-state index < -0.39 is 0 Å². The van der Waals surface area contributed by atoms with Crippen molar-refractivity contribution >= 4 is 0 Å². The molecule has 1 aliphatic carbocycles. The predicted octanol–water partition coefficient (Wildman–Crippen LogP) is 2.52. The summed E-state index contributed by atoms with van der Waals surface area (Å²) < 4.78 is 5.26. The van der Waals surface area contributed by atoms with E-state index in [2.05, 4.69) is 13.0 Å². The van der Waals surface area contributed by atoms with Crippen molar-refractivity contribution in [3.05, 3.63) is 11.6 Å². The Balaban J connectivity index is 2.31. The van der Waals surface area contributed by atoms with Crippen LogP contribution < -0.4 is 0 Å². The van der Waals surface area contributed by atoms with Crippen LogP contribution in [0.3, 0.4) is 0 Å². The topological polar surface area (TPSA) is 9.23 Å². The summed E-state index contributed by atoms with van der Waals surface area (Å²) in [6.45, 7) is 2.13. The van der Waals surface area contributed by atoms with E-state index in [0.717, 1.165) is 0 Å². The molecule has 1 heteroatoms. The Kier molecular flexibility index (Phi) is 2.94. The quantitative estimate of drug-likeness (QED) is 0.508. The first-order valence-corrected chi connectivity index (χ1v) is 4.03. The van der Waals surface area contributed by atoms with Crippen LogP contribution in [0, 0.1) is 0 Å². The minimum atomic E-state index is 0.531. The SMILES string of the molecule is CC=C1CCC(OC)CC1. The highest BCUT2D eigenvalue weighted by Crippen LogP contribution is 2.24. The minimum Gasteiger partial charge on any atom is -0.381 e. The highest BCUT2D eigenvalue weighted by atomic mass is 16.5. The molecule has 10 heavy (non-hydrogen) atoms. The first-order valence-electron chi connectivity index (χ1n) is 4.03. The Morgan fingerprint density at radius 3 is 2.40 bits per heavy atom. The fourth-order valence-corrected chi connectivity index (χ4v) is 1.49. The van der Waals surface area contributed by atoms with Crippen molar-refractivity contribution in [3.8, 4) is 0 Å². The second-order valence-electron chi connectivity index (χ2n) is 2.88. The van der Waals surface area contributed by atoms with Gasteiger partial charge in [-0.3, -0.25) is 0 Å². The molecule has 0 aromatic rings. The molecule has 1 nitrogen and oxygen atoms in total. The van der Waals surface area contributed by atoms with Crippen LogP contribution in [0.4, 0.5) is 0 Å². The summed E-state index contributed by atoms with van der Waals surface area (Å²) in [5.41, 5.74) is 1.60. The predicted molar refractivity (Wildman–Crippen MR) is 43.0 cm³/mol. The zero-order chi connectivity index (χ0) is 7.40. The van der Waals surface area contributed by atoms with Crippen molar-refractivity contribution in [1.29, 1.82) is 0 Å². The largest absolute Gasteiger partial charge is 0.381 e. The maximum atomic E-state index is 5.26. The van der Waals surface area contributed by atoms with E-state index >= 15 is 0 Å². The number of allylic oxidation sites excluding steroid dienone is 2. The molecule has 1 rings (SSSR count). The number of rotatable bonds is 1. The Morgan fingerprint density at radius 1 is 1.40 bits per heavy atom. The third kappa shape index (κ3) is 1.84. The maximum absolute atomic E-state index is 5.26. The third-order valence-corrected chi connectivity index (χ3v) is 2.32. The van der Waals surface area contributed by atoms with E-state index in [1.54, 1.807) is 5.57 Å². The van der Waals surface area contributed by atoms with Crippen molar-refractivity contribution in [1.82, 2.24) is 0 Å². The first-order chi connectivity index (χ1) is 4.86. The minimum absolute atomic E-state index is 0.531. The van der Waals surface area contributed by atoms with Crippen molar-refractivity contribution in [2.24, 2.45) is 0 Å². The van der Waals surface area contributed by atoms with Gasteiger partial charge in [0, 0.05) is 7.11 Å². The van der Waals surface area contributed by atoms with Crippen LogP contribution in [-0.2, 0) is 4.74 Å². The van der Waals surface area contributed by atoms with E-state index in [4.69, 9.17) is 4.74 Å².